The van der Waals surface area contributed by atoms with E-state index < -0.39 is 0 Å². The van der Waals surface area contributed by atoms with E-state index in [-0.39, 0.29) is 12.6 Å². The van der Waals surface area contributed by atoms with E-state index in [1.54, 1.807) is 0 Å². The lowest BCUT2D eigenvalue weighted by Crippen LogP contribution is -2.11. The predicted octanol–water partition coefficient (Wildman–Crippen LogP) is 1.70. The quantitative estimate of drug-likeness (QED) is 0.363. The number of rotatable bonds is 4. The summed E-state index contributed by atoms with van der Waals surface area (Å²) in [6.45, 7) is 3.99. The fourth-order valence-electron chi connectivity index (χ4n) is 0.775. The lowest BCUT2D eigenvalue weighted by molar-refractivity contribution is 0.250. The van der Waals surface area contributed by atoms with Crippen molar-refractivity contribution in [3.63, 3.8) is 0 Å². The van der Waals surface area contributed by atoms with Gasteiger partial charge in [-0.2, -0.15) is 0 Å². The Morgan fingerprint density at radius 2 is 2.20 bits per heavy atom. The molecule has 0 aliphatic carbocycles. The van der Waals surface area contributed by atoms with Crippen LogP contribution in [-0.4, -0.2) is 17.8 Å². The van der Waals surface area contributed by atoms with Crippen LogP contribution in [0.25, 0.3) is 10.4 Å². The molecule has 0 unspecified atom stereocenters. The number of hydrogen-bond donors (Lipinski definition) is 1. The summed E-state index contributed by atoms with van der Waals surface area (Å²) in [6.07, 6.45) is 0.751. The van der Waals surface area contributed by atoms with Crippen LogP contribution in [0.3, 0.4) is 0 Å². The van der Waals surface area contributed by atoms with Crippen LogP contribution in [0.15, 0.2) is 5.11 Å². The summed E-state index contributed by atoms with van der Waals surface area (Å²) in [6, 6.07) is -0.245. The molecule has 0 fully saturated rings. The Labute approximate surface area is 60.5 Å². The Balaban J connectivity index is 3.71. The zero-order chi connectivity index (χ0) is 7.98. The molecule has 4 heteroatoms. The molecule has 0 radical (unpaired) electrons. The second kappa shape index (κ2) is 5.09. The van der Waals surface area contributed by atoms with Crippen LogP contribution in [0.4, 0.5) is 0 Å². The van der Waals surface area contributed by atoms with Gasteiger partial charge in [0.15, 0.2) is 0 Å². The van der Waals surface area contributed by atoms with Gasteiger partial charge in [0.2, 0.25) is 0 Å². The average molecular weight is 143 g/mol. The van der Waals surface area contributed by atoms with Crippen LogP contribution in [0.1, 0.15) is 20.3 Å². The van der Waals surface area contributed by atoms with E-state index in [0.29, 0.717) is 5.92 Å². The van der Waals surface area contributed by atoms with Gasteiger partial charge in [-0.25, -0.2) is 0 Å². The molecule has 0 heterocycles. The molecule has 1 atom stereocenters. The van der Waals surface area contributed by atoms with Crippen LogP contribution in [0.5, 0.6) is 0 Å². The molecular formula is C6H13N3O. The first-order valence-corrected chi connectivity index (χ1v) is 3.35. The molecule has 0 amide bonds. The third kappa shape index (κ3) is 4.18. The molecule has 0 aromatic heterocycles. The maximum absolute atomic E-state index is 8.64. The fraction of sp³-hybridized carbons (Fsp3) is 1.00. The lowest BCUT2D eigenvalue weighted by atomic mass is 10.1. The van der Waals surface area contributed by atoms with Crippen LogP contribution in [0.2, 0.25) is 0 Å². The van der Waals surface area contributed by atoms with Crippen molar-refractivity contribution >= 4 is 0 Å². The van der Waals surface area contributed by atoms with E-state index in [1.807, 2.05) is 13.8 Å². The maximum Gasteiger partial charge on any atom is 0.0607 e. The first kappa shape index (κ1) is 9.27. The highest BCUT2D eigenvalue weighted by Gasteiger charge is 2.05. The molecule has 0 aromatic carbocycles. The molecule has 4 nitrogen and oxygen atoms in total. The summed E-state index contributed by atoms with van der Waals surface area (Å²) in [7, 11) is 0. The van der Waals surface area contributed by atoms with Crippen LogP contribution in [-0.2, 0) is 0 Å². The summed E-state index contributed by atoms with van der Waals surface area (Å²) < 4.78 is 0. The molecule has 0 aliphatic heterocycles. The minimum Gasteiger partial charge on any atom is -0.396 e. The topological polar surface area (TPSA) is 69.0 Å². The zero-order valence-corrected chi connectivity index (χ0v) is 6.36. The normalized spacial score (nSPS) is 12.8. The van der Waals surface area contributed by atoms with Gasteiger partial charge in [-0.1, -0.05) is 19.0 Å². The van der Waals surface area contributed by atoms with Gasteiger partial charge in [0.25, 0.3) is 0 Å². The van der Waals surface area contributed by atoms with Gasteiger partial charge in [-0.05, 0) is 17.9 Å². The summed E-state index contributed by atoms with van der Waals surface area (Å²) in [4.78, 5) is 2.62. The second-order valence-electron chi connectivity index (χ2n) is 2.67. The molecular weight excluding hydrogens is 130 g/mol. The standard InChI is InChI=1S/C6H13N3O/c1-5(2)3-6(4-10)8-9-7/h5-6,10H,3-4H2,1-2H3/t6-/m1/s1. The molecule has 0 saturated carbocycles. The van der Waals surface area contributed by atoms with E-state index in [2.05, 4.69) is 10.0 Å². The van der Waals surface area contributed by atoms with Crippen molar-refractivity contribution in [1.82, 2.24) is 0 Å². The minimum atomic E-state index is -0.245. The van der Waals surface area contributed by atoms with Gasteiger partial charge in [0.05, 0.1) is 12.6 Å². The third-order valence-corrected chi connectivity index (χ3v) is 1.17. The average Bonchev–Trinajstić information content (AvgIpc) is 1.86. The Bertz CT molecular complexity index is 129. The first-order valence-electron chi connectivity index (χ1n) is 3.35. The Hall–Kier alpha value is -0.730. The number of aliphatic hydroxyl groups is 1. The third-order valence-electron chi connectivity index (χ3n) is 1.17. The molecule has 0 bridgehead atoms. The highest BCUT2D eigenvalue weighted by molar-refractivity contribution is 4.66. The molecule has 0 aliphatic rings. The van der Waals surface area contributed by atoms with Gasteiger partial charge in [-0.15, -0.1) is 0 Å². The molecule has 0 rings (SSSR count). The smallest absolute Gasteiger partial charge is 0.0607 e. The van der Waals surface area contributed by atoms with E-state index in [1.165, 1.54) is 0 Å². The predicted molar refractivity (Wildman–Crippen MR) is 39.5 cm³/mol. The molecule has 1 N–H and O–H groups in total. The summed E-state index contributed by atoms with van der Waals surface area (Å²) in [5.74, 6) is 0.461. The number of nitrogens with zero attached hydrogens (tertiary/aromatic N) is 3. The maximum atomic E-state index is 8.64. The Morgan fingerprint density at radius 1 is 1.60 bits per heavy atom. The molecule has 58 valence electrons. The first-order chi connectivity index (χ1) is 4.70. The van der Waals surface area contributed by atoms with Gasteiger partial charge >= 0.3 is 0 Å². The van der Waals surface area contributed by atoms with Gasteiger partial charge in [-0.3, -0.25) is 0 Å². The Kier molecular flexibility index (Phi) is 4.72. The van der Waals surface area contributed by atoms with Crippen molar-refractivity contribution < 1.29 is 5.11 Å². The molecule has 0 saturated heterocycles. The monoisotopic (exact) mass is 143 g/mol. The van der Waals surface area contributed by atoms with Crippen LogP contribution in [0, 0.1) is 5.92 Å². The summed E-state index contributed by atoms with van der Waals surface area (Å²) >= 11 is 0. The van der Waals surface area contributed by atoms with Crippen molar-refractivity contribution in [2.45, 2.75) is 26.3 Å². The van der Waals surface area contributed by atoms with Crippen LogP contribution >= 0.6 is 0 Å². The number of hydrogen-bond acceptors (Lipinski definition) is 2. The summed E-state index contributed by atoms with van der Waals surface area (Å²) in [5.41, 5.74) is 8.03. The van der Waals surface area contributed by atoms with Gasteiger partial charge < -0.3 is 5.11 Å². The molecule has 0 aromatic rings. The second-order valence-corrected chi connectivity index (χ2v) is 2.67. The van der Waals surface area contributed by atoms with E-state index in [4.69, 9.17) is 10.6 Å². The van der Waals surface area contributed by atoms with Crippen molar-refractivity contribution in [3.8, 4) is 0 Å². The Morgan fingerprint density at radius 3 is 2.50 bits per heavy atom. The number of aliphatic hydroxyl groups excluding tert-OH is 1. The van der Waals surface area contributed by atoms with Crippen molar-refractivity contribution in [1.29, 1.82) is 0 Å². The fourth-order valence-corrected chi connectivity index (χ4v) is 0.775. The number of azide groups is 1. The van der Waals surface area contributed by atoms with Crippen molar-refractivity contribution in [2.75, 3.05) is 6.61 Å². The molecule has 0 spiro atoms. The van der Waals surface area contributed by atoms with Crippen molar-refractivity contribution in [2.24, 2.45) is 11.0 Å². The lowest BCUT2D eigenvalue weighted by Gasteiger charge is -2.08. The zero-order valence-electron chi connectivity index (χ0n) is 6.36. The SMILES string of the molecule is CC(C)C[C@H](CO)N=[N+]=[N-]. The van der Waals surface area contributed by atoms with E-state index >= 15 is 0 Å². The largest absolute Gasteiger partial charge is 0.396 e. The van der Waals surface area contributed by atoms with Crippen molar-refractivity contribution in [3.05, 3.63) is 10.4 Å². The highest BCUT2D eigenvalue weighted by Crippen LogP contribution is 2.07. The van der Waals surface area contributed by atoms with Gasteiger partial charge in [0, 0.05) is 4.91 Å². The minimum absolute atomic E-state index is 0.0533. The van der Waals surface area contributed by atoms with Crippen LogP contribution < -0.4 is 0 Å². The summed E-state index contributed by atoms with van der Waals surface area (Å²) in [5, 5.41) is 12.1. The molecule has 10 heavy (non-hydrogen) atoms. The van der Waals surface area contributed by atoms with Gasteiger partial charge in [0.1, 0.15) is 0 Å². The van der Waals surface area contributed by atoms with E-state index in [9.17, 15) is 0 Å². The van der Waals surface area contributed by atoms with E-state index in [0.717, 1.165) is 6.42 Å². The highest BCUT2D eigenvalue weighted by atomic mass is 16.3.